The zero-order valence-corrected chi connectivity index (χ0v) is 16.4. The average Bonchev–Trinajstić information content (AvgIpc) is 3.41. The molecule has 2 saturated heterocycles. The summed E-state index contributed by atoms with van der Waals surface area (Å²) in [6.07, 6.45) is 8.93. The molecule has 2 unspecified atom stereocenters. The second-order valence-electron chi connectivity index (χ2n) is 8.80. The van der Waals surface area contributed by atoms with E-state index in [1.165, 1.54) is 0 Å². The molecule has 2 aliphatic heterocycles. The molecule has 4 fully saturated rings. The topological polar surface area (TPSA) is 69.6 Å². The summed E-state index contributed by atoms with van der Waals surface area (Å²) in [6.45, 7) is 5.54. The van der Waals surface area contributed by atoms with Gasteiger partial charge in [0.2, 0.25) is 17.8 Å². The van der Waals surface area contributed by atoms with Crippen LogP contribution in [0, 0.1) is 23.7 Å². The lowest BCUT2D eigenvalue weighted by Crippen LogP contribution is -2.47. The summed E-state index contributed by atoms with van der Waals surface area (Å²) in [5.41, 5.74) is 0. The minimum Gasteiger partial charge on any atom is -0.338 e. The van der Waals surface area contributed by atoms with Crippen LogP contribution in [-0.4, -0.2) is 70.9 Å². The first-order valence-corrected chi connectivity index (χ1v) is 10.8. The second kappa shape index (κ2) is 7.43. The predicted molar refractivity (Wildman–Crippen MR) is 104 cm³/mol. The van der Waals surface area contributed by atoms with Gasteiger partial charge in [-0.3, -0.25) is 19.4 Å². The molecule has 0 aromatic carbocycles. The molecule has 2 bridgehead atoms. The van der Waals surface area contributed by atoms with Crippen LogP contribution in [0.15, 0.2) is 18.5 Å². The molecule has 1 aromatic heterocycles. The summed E-state index contributed by atoms with van der Waals surface area (Å²) in [5.74, 6) is 2.12. The Kier molecular flexibility index (Phi) is 4.78. The molecule has 2 aliphatic carbocycles. The Balaban J connectivity index is 1.05. The van der Waals surface area contributed by atoms with Crippen molar-refractivity contribution in [1.82, 2.24) is 19.8 Å². The van der Waals surface area contributed by atoms with E-state index in [0.29, 0.717) is 18.4 Å². The quantitative estimate of drug-likeness (QED) is 0.546. The molecule has 150 valence electrons. The molecule has 0 radical (unpaired) electrons. The number of aromatic nitrogens is 2. The van der Waals surface area contributed by atoms with Crippen LogP contribution in [0.1, 0.15) is 32.1 Å². The molecule has 1 aromatic rings. The number of imide groups is 1. The van der Waals surface area contributed by atoms with E-state index >= 15 is 0 Å². The molecule has 7 nitrogen and oxygen atoms in total. The highest BCUT2D eigenvalue weighted by atomic mass is 16.2. The fourth-order valence-electron chi connectivity index (χ4n) is 5.92. The highest BCUT2D eigenvalue weighted by molar-refractivity contribution is 6.06. The number of hydrogen-bond acceptors (Lipinski definition) is 6. The summed E-state index contributed by atoms with van der Waals surface area (Å²) >= 11 is 0. The van der Waals surface area contributed by atoms with E-state index in [0.717, 1.165) is 70.8 Å². The Morgan fingerprint density at radius 1 is 0.857 bits per heavy atom. The van der Waals surface area contributed by atoms with Crippen molar-refractivity contribution in [3.05, 3.63) is 18.5 Å². The maximum atomic E-state index is 12.7. The number of rotatable bonds is 6. The average molecular weight is 383 g/mol. The molecule has 0 N–H and O–H groups in total. The van der Waals surface area contributed by atoms with Crippen molar-refractivity contribution in [3.8, 4) is 0 Å². The van der Waals surface area contributed by atoms with Gasteiger partial charge in [0.15, 0.2) is 0 Å². The first-order chi connectivity index (χ1) is 13.7. The van der Waals surface area contributed by atoms with Gasteiger partial charge in [0.1, 0.15) is 0 Å². The maximum absolute atomic E-state index is 12.7. The van der Waals surface area contributed by atoms with Gasteiger partial charge in [0.25, 0.3) is 0 Å². The molecule has 7 heteroatoms. The molecule has 5 rings (SSSR count). The van der Waals surface area contributed by atoms with Crippen molar-refractivity contribution in [2.45, 2.75) is 32.1 Å². The van der Waals surface area contributed by atoms with Crippen molar-refractivity contribution in [3.63, 3.8) is 0 Å². The standard InChI is InChI=1S/C21H29N5O2/c27-19-17-15-4-5-16(14-15)18(17)20(28)26(19)9-2-1-8-24-10-12-25(13-11-24)21-22-6-3-7-23-21/h3,6-7,15-18H,1-2,4-5,8-14H2/t15?,16?,17-,18+. The van der Waals surface area contributed by atoms with E-state index in [-0.39, 0.29) is 23.7 Å². The van der Waals surface area contributed by atoms with Crippen LogP contribution in [-0.2, 0) is 9.59 Å². The van der Waals surface area contributed by atoms with E-state index in [4.69, 9.17) is 0 Å². The minimum atomic E-state index is 0.0273. The van der Waals surface area contributed by atoms with Crippen LogP contribution in [0.2, 0.25) is 0 Å². The monoisotopic (exact) mass is 383 g/mol. The molecule has 2 amide bonds. The molecular weight excluding hydrogens is 354 g/mol. The summed E-state index contributed by atoms with van der Waals surface area (Å²) in [4.78, 5) is 40.4. The highest BCUT2D eigenvalue weighted by Gasteiger charge is 2.60. The van der Waals surface area contributed by atoms with Gasteiger partial charge in [-0.25, -0.2) is 9.97 Å². The number of unbranched alkanes of at least 4 members (excludes halogenated alkanes) is 1. The Morgan fingerprint density at radius 3 is 2.11 bits per heavy atom. The lowest BCUT2D eigenvalue weighted by Gasteiger charge is -2.34. The molecule has 0 spiro atoms. The second-order valence-corrected chi connectivity index (χ2v) is 8.80. The summed E-state index contributed by atoms with van der Waals surface area (Å²) in [7, 11) is 0. The van der Waals surface area contributed by atoms with Crippen LogP contribution in [0.3, 0.4) is 0 Å². The fourth-order valence-corrected chi connectivity index (χ4v) is 5.92. The van der Waals surface area contributed by atoms with Gasteiger partial charge in [0.05, 0.1) is 11.8 Å². The van der Waals surface area contributed by atoms with Gasteiger partial charge < -0.3 is 4.90 Å². The Bertz CT molecular complexity index is 706. The molecule has 2 saturated carbocycles. The Morgan fingerprint density at radius 2 is 1.46 bits per heavy atom. The summed E-state index contributed by atoms with van der Waals surface area (Å²) < 4.78 is 0. The van der Waals surface area contributed by atoms with E-state index in [9.17, 15) is 9.59 Å². The maximum Gasteiger partial charge on any atom is 0.233 e. The number of fused-ring (bicyclic) bond motifs is 5. The number of piperazine rings is 1. The SMILES string of the molecule is O=C1[C@@H]2C3CCC(C3)[C@@H]2C(=O)N1CCCCN1CCN(c2ncccn2)CC1. The third-order valence-corrected chi connectivity index (χ3v) is 7.33. The number of carbonyl (C=O) groups is 2. The first kappa shape index (κ1) is 18.0. The van der Waals surface area contributed by atoms with Crippen LogP contribution < -0.4 is 4.90 Å². The van der Waals surface area contributed by atoms with Crippen LogP contribution in [0.5, 0.6) is 0 Å². The zero-order valence-electron chi connectivity index (χ0n) is 16.4. The Labute approximate surface area is 166 Å². The third kappa shape index (κ3) is 3.09. The summed E-state index contributed by atoms with van der Waals surface area (Å²) in [5, 5.41) is 0. The van der Waals surface area contributed by atoms with Gasteiger partial charge >= 0.3 is 0 Å². The van der Waals surface area contributed by atoms with E-state index in [2.05, 4.69) is 19.8 Å². The van der Waals surface area contributed by atoms with Gasteiger partial charge in [-0.1, -0.05) is 0 Å². The number of carbonyl (C=O) groups excluding carboxylic acids is 2. The van der Waals surface area contributed by atoms with E-state index in [1.54, 1.807) is 17.3 Å². The van der Waals surface area contributed by atoms with Gasteiger partial charge in [-0.15, -0.1) is 0 Å². The lowest BCUT2D eigenvalue weighted by atomic mass is 9.81. The minimum absolute atomic E-state index is 0.0273. The van der Waals surface area contributed by atoms with Crippen molar-refractivity contribution in [2.24, 2.45) is 23.7 Å². The van der Waals surface area contributed by atoms with E-state index in [1.807, 2.05) is 6.07 Å². The number of anilines is 1. The molecule has 4 atom stereocenters. The molecular formula is C21H29N5O2. The number of amides is 2. The normalized spacial score (nSPS) is 32.4. The molecule has 4 aliphatic rings. The van der Waals surface area contributed by atoms with Crippen molar-refractivity contribution in [1.29, 1.82) is 0 Å². The largest absolute Gasteiger partial charge is 0.338 e. The predicted octanol–water partition coefficient (Wildman–Crippen LogP) is 1.41. The Hall–Kier alpha value is -2.02. The van der Waals surface area contributed by atoms with Gasteiger partial charge in [-0.05, 0) is 56.6 Å². The van der Waals surface area contributed by atoms with E-state index < -0.39 is 0 Å². The number of likely N-dealkylation sites (tertiary alicyclic amines) is 1. The molecule has 3 heterocycles. The van der Waals surface area contributed by atoms with Crippen LogP contribution in [0.25, 0.3) is 0 Å². The lowest BCUT2D eigenvalue weighted by molar-refractivity contribution is -0.140. The first-order valence-electron chi connectivity index (χ1n) is 10.8. The molecule has 28 heavy (non-hydrogen) atoms. The third-order valence-electron chi connectivity index (χ3n) is 7.33. The van der Waals surface area contributed by atoms with Crippen molar-refractivity contribution < 1.29 is 9.59 Å². The van der Waals surface area contributed by atoms with Gasteiger partial charge in [-0.2, -0.15) is 0 Å². The smallest absolute Gasteiger partial charge is 0.233 e. The van der Waals surface area contributed by atoms with Crippen molar-refractivity contribution in [2.75, 3.05) is 44.2 Å². The van der Waals surface area contributed by atoms with Crippen molar-refractivity contribution >= 4 is 17.8 Å². The summed E-state index contributed by atoms with van der Waals surface area (Å²) in [6, 6.07) is 1.84. The highest BCUT2D eigenvalue weighted by Crippen LogP contribution is 2.56. The van der Waals surface area contributed by atoms with Crippen LogP contribution in [0.4, 0.5) is 5.95 Å². The number of hydrogen-bond donors (Lipinski definition) is 0. The van der Waals surface area contributed by atoms with Crippen LogP contribution >= 0.6 is 0 Å². The number of nitrogens with zero attached hydrogens (tertiary/aromatic N) is 5. The van der Waals surface area contributed by atoms with Gasteiger partial charge in [0, 0.05) is 45.1 Å². The zero-order chi connectivity index (χ0) is 19.1. The fraction of sp³-hybridized carbons (Fsp3) is 0.714.